The van der Waals surface area contributed by atoms with E-state index >= 15 is 0 Å². The van der Waals surface area contributed by atoms with Crippen molar-refractivity contribution in [2.75, 3.05) is 20.2 Å². The van der Waals surface area contributed by atoms with Crippen molar-refractivity contribution >= 4 is 0 Å². The van der Waals surface area contributed by atoms with Gasteiger partial charge in [-0.3, -0.25) is 4.90 Å². The number of benzene rings is 1. The molecule has 1 fully saturated rings. The van der Waals surface area contributed by atoms with Crippen LogP contribution in [0.3, 0.4) is 0 Å². The Bertz CT molecular complexity index is 415. The van der Waals surface area contributed by atoms with E-state index in [0.717, 1.165) is 31.4 Å². The van der Waals surface area contributed by atoms with Gasteiger partial charge in [0.05, 0.1) is 7.11 Å². The van der Waals surface area contributed by atoms with Gasteiger partial charge in [0, 0.05) is 31.6 Å². The van der Waals surface area contributed by atoms with E-state index in [1.807, 2.05) is 6.07 Å². The fourth-order valence-corrected chi connectivity index (χ4v) is 2.83. The van der Waals surface area contributed by atoms with Crippen molar-refractivity contribution in [2.24, 2.45) is 5.73 Å². The number of nitrogens with two attached hydrogens (primary N) is 1. The van der Waals surface area contributed by atoms with E-state index in [1.165, 1.54) is 24.0 Å². The van der Waals surface area contributed by atoms with E-state index in [-0.39, 0.29) is 0 Å². The molecule has 0 saturated heterocycles. The first-order valence-electron chi connectivity index (χ1n) is 6.42. The molecule has 2 aliphatic rings. The highest BCUT2D eigenvalue weighted by Crippen LogP contribution is 2.36. The Morgan fingerprint density at radius 2 is 2.24 bits per heavy atom. The molecule has 0 amide bonds. The maximum atomic E-state index is 5.91. The van der Waals surface area contributed by atoms with Crippen molar-refractivity contribution in [3.05, 3.63) is 29.3 Å². The summed E-state index contributed by atoms with van der Waals surface area (Å²) in [5, 5.41) is 0. The smallest absolute Gasteiger partial charge is 0.119 e. The minimum Gasteiger partial charge on any atom is -0.497 e. The second kappa shape index (κ2) is 4.31. The molecule has 1 heterocycles. The summed E-state index contributed by atoms with van der Waals surface area (Å²) >= 11 is 0. The van der Waals surface area contributed by atoms with Crippen LogP contribution in [0.4, 0.5) is 0 Å². The lowest BCUT2D eigenvalue weighted by atomic mass is 9.89. The van der Waals surface area contributed by atoms with Crippen LogP contribution >= 0.6 is 0 Å². The van der Waals surface area contributed by atoms with Crippen molar-refractivity contribution in [3.63, 3.8) is 0 Å². The molecule has 3 rings (SSSR count). The summed E-state index contributed by atoms with van der Waals surface area (Å²) in [5.41, 5.74) is 8.74. The first-order valence-corrected chi connectivity index (χ1v) is 6.42. The van der Waals surface area contributed by atoms with E-state index < -0.39 is 0 Å². The molecule has 1 saturated carbocycles. The van der Waals surface area contributed by atoms with Crippen molar-refractivity contribution in [1.82, 2.24) is 4.90 Å². The number of rotatable bonds is 3. The molecule has 1 aliphatic carbocycles. The lowest BCUT2D eigenvalue weighted by Gasteiger charge is -2.34. The fraction of sp³-hybridized carbons (Fsp3) is 0.571. The number of nitrogens with zero attached hydrogens (tertiary/aromatic N) is 1. The summed E-state index contributed by atoms with van der Waals surface area (Å²) in [6.45, 7) is 2.93. The second-order valence-electron chi connectivity index (χ2n) is 5.16. The van der Waals surface area contributed by atoms with Crippen LogP contribution in [-0.4, -0.2) is 31.1 Å². The molecule has 1 aliphatic heterocycles. The molecule has 1 aromatic carbocycles. The number of hydrogen-bond acceptors (Lipinski definition) is 3. The Morgan fingerprint density at radius 3 is 2.88 bits per heavy atom. The first kappa shape index (κ1) is 11.1. The van der Waals surface area contributed by atoms with Gasteiger partial charge in [0.15, 0.2) is 0 Å². The topological polar surface area (TPSA) is 38.5 Å². The fourth-order valence-electron chi connectivity index (χ4n) is 2.83. The summed E-state index contributed by atoms with van der Waals surface area (Å²) in [7, 11) is 1.73. The summed E-state index contributed by atoms with van der Waals surface area (Å²) in [5.74, 6) is 1.45. The molecule has 0 bridgehead atoms. The normalized spacial score (nSPS) is 24.5. The molecule has 3 nitrogen and oxygen atoms in total. The Labute approximate surface area is 103 Å². The minimum absolute atomic E-state index is 0.491. The second-order valence-corrected chi connectivity index (χ2v) is 5.16. The van der Waals surface area contributed by atoms with Crippen molar-refractivity contribution in [3.8, 4) is 5.75 Å². The Kier molecular flexibility index (Phi) is 2.81. The van der Waals surface area contributed by atoms with Gasteiger partial charge in [-0.1, -0.05) is 6.07 Å². The van der Waals surface area contributed by atoms with E-state index in [1.54, 1.807) is 7.11 Å². The summed E-state index contributed by atoms with van der Waals surface area (Å²) in [6.07, 6.45) is 2.72. The third-order valence-corrected chi connectivity index (χ3v) is 3.97. The summed E-state index contributed by atoms with van der Waals surface area (Å²) in [4.78, 5) is 2.58. The first-order chi connectivity index (χ1) is 8.31. The van der Waals surface area contributed by atoms with Crippen LogP contribution in [-0.2, 0) is 6.54 Å². The molecular formula is C14H20N2O. The van der Waals surface area contributed by atoms with Gasteiger partial charge in [-0.2, -0.15) is 0 Å². The highest BCUT2D eigenvalue weighted by molar-refractivity contribution is 5.39. The average molecular weight is 232 g/mol. The molecule has 1 unspecified atom stereocenters. The highest BCUT2D eigenvalue weighted by Gasteiger charge is 2.34. The molecular weight excluding hydrogens is 212 g/mol. The monoisotopic (exact) mass is 232 g/mol. The minimum atomic E-state index is 0.491. The quantitative estimate of drug-likeness (QED) is 0.862. The Morgan fingerprint density at radius 1 is 1.41 bits per heavy atom. The molecule has 2 N–H and O–H groups in total. The van der Waals surface area contributed by atoms with Crippen molar-refractivity contribution < 1.29 is 4.74 Å². The standard InChI is InChI=1S/C14H20N2O/c1-17-13-4-5-14-10(6-13)8-16(12-2-3-12)9-11(14)7-15/h4-6,11-12H,2-3,7-9,15H2,1H3. The van der Waals surface area contributed by atoms with Crippen LogP contribution in [0.15, 0.2) is 18.2 Å². The molecule has 17 heavy (non-hydrogen) atoms. The maximum absolute atomic E-state index is 5.91. The van der Waals surface area contributed by atoms with Crippen LogP contribution < -0.4 is 10.5 Å². The van der Waals surface area contributed by atoms with Gasteiger partial charge in [-0.15, -0.1) is 0 Å². The Hall–Kier alpha value is -1.06. The molecule has 1 atom stereocenters. The average Bonchev–Trinajstić information content (AvgIpc) is 3.20. The largest absolute Gasteiger partial charge is 0.497 e. The van der Waals surface area contributed by atoms with E-state index in [2.05, 4.69) is 17.0 Å². The lowest BCUT2D eigenvalue weighted by Crippen LogP contribution is -2.37. The molecule has 0 radical (unpaired) electrons. The third-order valence-electron chi connectivity index (χ3n) is 3.97. The van der Waals surface area contributed by atoms with Gasteiger partial charge in [0.2, 0.25) is 0 Å². The molecule has 0 aromatic heterocycles. The summed E-state index contributed by atoms with van der Waals surface area (Å²) < 4.78 is 5.31. The van der Waals surface area contributed by atoms with Crippen LogP contribution in [0.25, 0.3) is 0 Å². The zero-order valence-electron chi connectivity index (χ0n) is 10.4. The predicted molar refractivity (Wildman–Crippen MR) is 68.2 cm³/mol. The van der Waals surface area contributed by atoms with Gasteiger partial charge in [-0.25, -0.2) is 0 Å². The SMILES string of the molecule is COc1ccc2c(c1)CN(C1CC1)CC2CN. The maximum Gasteiger partial charge on any atom is 0.119 e. The van der Waals surface area contributed by atoms with E-state index in [9.17, 15) is 0 Å². The zero-order valence-corrected chi connectivity index (χ0v) is 10.4. The number of fused-ring (bicyclic) bond motifs is 1. The third kappa shape index (κ3) is 2.05. The van der Waals surface area contributed by atoms with Gasteiger partial charge in [0.25, 0.3) is 0 Å². The zero-order chi connectivity index (χ0) is 11.8. The van der Waals surface area contributed by atoms with E-state index in [0.29, 0.717) is 5.92 Å². The van der Waals surface area contributed by atoms with Crippen LogP contribution in [0.5, 0.6) is 5.75 Å². The van der Waals surface area contributed by atoms with Gasteiger partial charge >= 0.3 is 0 Å². The molecule has 0 spiro atoms. The van der Waals surface area contributed by atoms with Crippen LogP contribution in [0.2, 0.25) is 0 Å². The van der Waals surface area contributed by atoms with Gasteiger partial charge in [0.1, 0.15) is 5.75 Å². The lowest BCUT2D eigenvalue weighted by molar-refractivity contribution is 0.221. The number of hydrogen-bond donors (Lipinski definition) is 1. The molecule has 3 heteroatoms. The highest BCUT2D eigenvalue weighted by atomic mass is 16.5. The van der Waals surface area contributed by atoms with Gasteiger partial charge < -0.3 is 10.5 Å². The molecule has 1 aromatic rings. The summed E-state index contributed by atoms with van der Waals surface area (Å²) in [6, 6.07) is 7.22. The van der Waals surface area contributed by atoms with Crippen LogP contribution in [0, 0.1) is 0 Å². The number of methoxy groups -OCH3 is 1. The van der Waals surface area contributed by atoms with Crippen LogP contribution in [0.1, 0.15) is 29.9 Å². The van der Waals surface area contributed by atoms with Crippen molar-refractivity contribution in [2.45, 2.75) is 31.3 Å². The van der Waals surface area contributed by atoms with Gasteiger partial charge in [-0.05, 0) is 36.1 Å². The predicted octanol–water partition coefficient (Wildman–Crippen LogP) is 1.72. The molecule has 92 valence electrons. The van der Waals surface area contributed by atoms with Crippen molar-refractivity contribution in [1.29, 1.82) is 0 Å². The van der Waals surface area contributed by atoms with E-state index in [4.69, 9.17) is 10.5 Å². The number of ether oxygens (including phenoxy) is 1. The Balaban J connectivity index is 1.92.